The number of aromatic nitrogens is 4. The third-order valence-corrected chi connectivity index (χ3v) is 4.58. The Balaban J connectivity index is 1.70. The van der Waals surface area contributed by atoms with Gasteiger partial charge in [-0.15, -0.1) is 0 Å². The predicted octanol–water partition coefficient (Wildman–Crippen LogP) is 3.31. The van der Waals surface area contributed by atoms with E-state index in [0.29, 0.717) is 24.7 Å². The van der Waals surface area contributed by atoms with Gasteiger partial charge in [0.1, 0.15) is 11.6 Å². The van der Waals surface area contributed by atoms with Crippen molar-refractivity contribution in [2.24, 2.45) is 0 Å². The lowest BCUT2D eigenvalue weighted by atomic mass is 10.1. The third kappa shape index (κ3) is 3.58. The number of fused-ring (bicyclic) bond motifs is 1. The van der Waals surface area contributed by atoms with E-state index in [1.807, 2.05) is 18.3 Å². The van der Waals surface area contributed by atoms with E-state index in [1.54, 1.807) is 31.9 Å². The highest BCUT2D eigenvalue weighted by Gasteiger charge is 2.21. The fraction of sp³-hybridized carbons (Fsp3) is 0.350. The number of hydrogen-bond donors (Lipinski definition) is 0. The van der Waals surface area contributed by atoms with Crippen LogP contribution < -0.4 is 14.2 Å². The number of benzene rings is 1. The predicted molar refractivity (Wildman–Crippen MR) is 100 cm³/mol. The summed E-state index contributed by atoms with van der Waals surface area (Å²) in [6, 6.07) is 3.98. The molecule has 140 valence electrons. The smallest absolute Gasteiger partial charge is 0.164 e. The van der Waals surface area contributed by atoms with E-state index >= 15 is 0 Å². The number of imidazole rings is 1. The maximum Gasteiger partial charge on any atom is 0.164 e. The van der Waals surface area contributed by atoms with Crippen LogP contribution in [0.3, 0.4) is 0 Å². The first-order chi connectivity index (χ1) is 13.3. The van der Waals surface area contributed by atoms with E-state index in [2.05, 4.69) is 26.4 Å². The Morgan fingerprint density at radius 1 is 1.11 bits per heavy atom. The SMILES string of the molecule is COc1cc2c(cc1-c1nccn1[C@@H](C)Cc1cnccn1)OCCCO2. The summed E-state index contributed by atoms with van der Waals surface area (Å²) >= 11 is 0. The summed E-state index contributed by atoms with van der Waals surface area (Å²) in [6.45, 7) is 3.41. The Kier molecular flexibility index (Phi) is 4.91. The molecule has 27 heavy (non-hydrogen) atoms. The Labute approximate surface area is 158 Å². The average molecular weight is 366 g/mol. The molecule has 0 N–H and O–H groups in total. The van der Waals surface area contributed by atoms with Crippen LogP contribution >= 0.6 is 0 Å². The molecule has 0 bridgehead atoms. The molecule has 2 aromatic heterocycles. The first-order valence-corrected chi connectivity index (χ1v) is 9.02. The van der Waals surface area contributed by atoms with E-state index in [0.717, 1.165) is 35.7 Å². The number of hydrogen-bond acceptors (Lipinski definition) is 6. The van der Waals surface area contributed by atoms with Gasteiger partial charge in [0.25, 0.3) is 0 Å². The van der Waals surface area contributed by atoms with Crippen molar-refractivity contribution in [3.05, 3.63) is 48.8 Å². The van der Waals surface area contributed by atoms with Crippen LogP contribution in [-0.4, -0.2) is 39.8 Å². The lowest BCUT2D eigenvalue weighted by Gasteiger charge is -2.18. The van der Waals surface area contributed by atoms with Gasteiger partial charge in [-0.05, 0) is 13.0 Å². The summed E-state index contributed by atoms with van der Waals surface area (Å²) in [6.07, 6.45) is 10.6. The van der Waals surface area contributed by atoms with Gasteiger partial charge in [0.15, 0.2) is 11.5 Å². The molecule has 1 aliphatic heterocycles. The van der Waals surface area contributed by atoms with Gasteiger partial charge >= 0.3 is 0 Å². The molecule has 0 saturated heterocycles. The quantitative estimate of drug-likeness (QED) is 0.690. The van der Waals surface area contributed by atoms with E-state index in [9.17, 15) is 0 Å². The Hall–Kier alpha value is -3.09. The van der Waals surface area contributed by atoms with E-state index in [4.69, 9.17) is 14.2 Å². The van der Waals surface area contributed by atoms with E-state index < -0.39 is 0 Å². The number of methoxy groups -OCH3 is 1. The average Bonchev–Trinajstić information content (AvgIpc) is 3.07. The van der Waals surface area contributed by atoms with Crippen molar-refractivity contribution in [3.63, 3.8) is 0 Å². The normalized spacial score (nSPS) is 14.4. The second-order valence-corrected chi connectivity index (χ2v) is 6.46. The van der Waals surface area contributed by atoms with Crippen molar-refractivity contribution < 1.29 is 14.2 Å². The molecule has 7 nitrogen and oxygen atoms in total. The van der Waals surface area contributed by atoms with Gasteiger partial charge in [0, 0.05) is 55.9 Å². The molecule has 0 radical (unpaired) electrons. The van der Waals surface area contributed by atoms with Gasteiger partial charge < -0.3 is 18.8 Å². The van der Waals surface area contributed by atoms with Crippen LogP contribution in [0.2, 0.25) is 0 Å². The number of rotatable bonds is 5. The molecule has 1 aliphatic rings. The molecule has 0 amide bonds. The van der Waals surface area contributed by atoms with Gasteiger partial charge in [-0.1, -0.05) is 0 Å². The standard InChI is InChI=1S/C20H22N4O3/c1-14(10-15-13-21-4-5-22-15)24-7-6-23-20(24)16-11-18-19(12-17(16)25-2)27-9-3-8-26-18/h4-7,11-14H,3,8-10H2,1-2H3/t14-/m0/s1. The maximum atomic E-state index is 5.85. The van der Waals surface area contributed by atoms with Gasteiger partial charge in [-0.3, -0.25) is 9.97 Å². The molecule has 1 atom stereocenters. The van der Waals surface area contributed by atoms with Crippen LogP contribution in [-0.2, 0) is 6.42 Å². The van der Waals surface area contributed by atoms with Crippen molar-refractivity contribution in [1.82, 2.24) is 19.5 Å². The third-order valence-electron chi connectivity index (χ3n) is 4.58. The Morgan fingerprint density at radius 3 is 2.67 bits per heavy atom. The Morgan fingerprint density at radius 2 is 1.93 bits per heavy atom. The van der Waals surface area contributed by atoms with Crippen LogP contribution in [0.5, 0.6) is 17.2 Å². The minimum atomic E-state index is 0.153. The highest BCUT2D eigenvalue weighted by atomic mass is 16.5. The highest BCUT2D eigenvalue weighted by Crippen LogP contribution is 2.41. The zero-order valence-electron chi connectivity index (χ0n) is 15.5. The summed E-state index contributed by atoms with van der Waals surface area (Å²) in [4.78, 5) is 13.1. The van der Waals surface area contributed by atoms with Gasteiger partial charge in [-0.25, -0.2) is 4.98 Å². The molecular weight excluding hydrogens is 344 g/mol. The second kappa shape index (κ2) is 7.65. The monoisotopic (exact) mass is 366 g/mol. The zero-order chi connectivity index (χ0) is 18.6. The first kappa shape index (κ1) is 17.3. The minimum absolute atomic E-state index is 0.153. The topological polar surface area (TPSA) is 71.3 Å². The van der Waals surface area contributed by atoms with Crippen LogP contribution in [0.4, 0.5) is 0 Å². The van der Waals surface area contributed by atoms with Crippen molar-refractivity contribution in [2.45, 2.75) is 25.8 Å². The molecule has 4 rings (SSSR count). The lowest BCUT2D eigenvalue weighted by molar-refractivity contribution is 0.296. The number of ether oxygens (including phenoxy) is 3. The molecule has 7 heteroatoms. The summed E-state index contributed by atoms with van der Waals surface area (Å²) in [5.41, 5.74) is 1.81. The summed E-state index contributed by atoms with van der Waals surface area (Å²) in [7, 11) is 1.65. The van der Waals surface area contributed by atoms with Crippen molar-refractivity contribution in [1.29, 1.82) is 0 Å². The van der Waals surface area contributed by atoms with Crippen LogP contribution in [0, 0.1) is 0 Å². The molecule has 1 aromatic carbocycles. The van der Waals surface area contributed by atoms with Crippen LogP contribution in [0.1, 0.15) is 25.1 Å². The fourth-order valence-electron chi connectivity index (χ4n) is 3.25. The molecule has 3 heterocycles. The van der Waals surface area contributed by atoms with Gasteiger partial charge in [-0.2, -0.15) is 0 Å². The highest BCUT2D eigenvalue weighted by molar-refractivity contribution is 5.70. The van der Waals surface area contributed by atoms with Crippen LogP contribution in [0.25, 0.3) is 11.4 Å². The number of nitrogens with zero attached hydrogens (tertiary/aromatic N) is 4. The molecule has 0 spiro atoms. The minimum Gasteiger partial charge on any atom is -0.496 e. The zero-order valence-corrected chi connectivity index (χ0v) is 15.5. The van der Waals surface area contributed by atoms with Crippen molar-refractivity contribution in [2.75, 3.05) is 20.3 Å². The molecule has 0 fully saturated rings. The molecule has 3 aromatic rings. The summed E-state index contributed by atoms with van der Waals surface area (Å²) in [5, 5.41) is 0. The maximum absolute atomic E-state index is 5.85. The first-order valence-electron chi connectivity index (χ1n) is 9.02. The lowest BCUT2D eigenvalue weighted by Crippen LogP contribution is -2.10. The van der Waals surface area contributed by atoms with Crippen LogP contribution in [0.15, 0.2) is 43.1 Å². The van der Waals surface area contributed by atoms with Crippen molar-refractivity contribution >= 4 is 0 Å². The van der Waals surface area contributed by atoms with Crippen molar-refractivity contribution in [3.8, 4) is 28.6 Å². The largest absolute Gasteiger partial charge is 0.496 e. The molecule has 0 aliphatic carbocycles. The molecule has 0 unspecified atom stereocenters. The van der Waals surface area contributed by atoms with Gasteiger partial charge in [0.05, 0.1) is 31.6 Å². The Bertz CT molecular complexity index is 911. The van der Waals surface area contributed by atoms with E-state index in [-0.39, 0.29) is 6.04 Å². The summed E-state index contributed by atoms with van der Waals surface area (Å²) in [5.74, 6) is 2.95. The second-order valence-electron chi connectivity index (χ2n) is 6.46. The molecular formula is C20H22N4O3. The fourth-order valence-corrected chi connectivity index (χ4v) is 3.25. The molecule has 0 saturated carbocycles. The summed E-state index contributed by atoms with van der Waals surface area (Å²) < 4.78 is 19.4. The van der Waals surface area contributed by atoms with E-state index in [1.165, 1.54) is 0 Å². The van der Waals surface area contributed by atoms with Gasteiger partial charge in [0.2, 0.25) is 0 Å².